The van der Waals surface area contributed by atoms with Crippen LogP contribution in [0, 0.1) is 0 Å². The molecule has 0 saturated carbocycles. The molecule has 0 aliphatic carbocycles. The molecule has 2 amide bonds. The molecule has 2 aliphatic rings. The number of nitrogens with zero attached hydrogens (tertiary/aromatic N) is 1. The minimum Gasteiger partial charge on any atom is -0.480 e. The Morgan fingerprint density at radius 1 is 1.15 bits per heavy atom. The standard InChI is InChI=1S/C20H18N2O4S/c23-17(21-15(20(25)26)10-12-6-2-1-3-7-12)16-11-27-19-14-9-5-4-8-13(14)18(24)22(16)19/h1-9,15-16,19H,10-11H2,(H,21,23)(H,25,26)/t15-,16+,19-/m1/s1. The van der Waals surface area contributed by atoms with E-state index in [1.54, 1.807) is 17.0 Å². The average Bonchev–Trinajstić information content (AvgIpc) is 3.23. The number of benzene rings is 2. The third kappa shape index (κ3) is 3.19. The number of carboxylic acid groups (broad SMARTS) is 1. The van der Waals surface area contributed by atoms with Crippen molar-refractivity contribution in [2.75, 3.05) is 5.75 Å². The summed E-state index contributed by atoms with van der Waals surface area (Å²) in [5.41, 5.74) is 2.36. The second-order valence-corrected chi connectivity index (χ2v) is 7.70. The largest absolute Gasteiger partial charge is 0.480 e. The van der Waals surface area contributed by atoms with Gasteiger partial charge in [0, 0.05) is 17.7 Å². The highest BCUT2D eigenvalue weighted by Gasteiger charge is 2.48. The van der Waals surface area contributed by atoms with Gasteiger partial charge in [-0.3, -0.25) is 9.59 Å². The minimum atomic E-state index is -1.09. The Morgan fingerprint density at radius 2 is 1.85 bits per heavy atom. The van der Waals surface area contributed by atoms with Crippen molar-refractivity contribution in [2.24, 2.45) is 0 Å². The fourth-order valence-corrected chi connectivity index (χ4v) is 5.02. The van der Waals surface area contributed by atoms with Crippen molar-refractivity contribution in [3.05, 3.63) is 71.3 Å². The molecular weight excluding hydrogens is 364 g/mol. The zero-order valence-electron chi connectivity index (χ0n) is 14.4. The van der Waals surface area contributed by atoms with E-state index in [2.05, 4.69) is 5.32 Å². The third-order valence-electron chi connectivity index (χ3n) is 4.89. The predicted molar refractivity (Wildman–Crippen MR) is 101 cm³/mol. The first-order valence-electron chi connectivity index (χ1n) is 8.66. The highest BCUT2D eigenvalue weighted by molar-refractivity contribution is 7.99. The molecule has 0 unspecified atom stereocenters. The van der Waals surface area contributed by atoms with E-state index < -0.39 is 24.0 Å². The van der Waals surface area contributed by atoms with Gasteiger partial charge in [0.25, 0.3) is 5.91 Å². The summed E-state index contributed by atoms with van der Waals surface area (Å²) in [5, 5.41) is 11.9. The van der Waals surface area contributed by atoms with Gasteiger partial charge in [0.15, 0.2) is 0 Å². The Hall–Kier alpha value is -2.80. The minimum absolute atomic E-state index is 0.171. The van der Waals surface area contributed by atoms with Crippen LogP contribution in [0.15, 0.2) is 54.6 Å². The molecule has 3 atom stereocenters. The summed E-state index contributed by atoms with van der Waals surface area (Å²) >= 11 is 1.53. The lowest BCUT2D eigenvalue weighted by atomic mass is 10.1. The van der Waals surface area contributed by atoms with Crippen LogP contribution in [-0.4, -0.2) is 45.6 Å². The number of carbonyl (C=O) groups excluding carboxylic acids is 2. The maximum Gasteiger partial charge on any atom is 0.326 e. The van der Waals surface area contributed by atoms with E-state index in [1.807, 2.05) is 42.5 Å². The number of carbonyl (C=O) groups is 3. The molecule has 7 heteroatoms. The Balaban J connectivity index is 1.50. The molecule has 2 aromatic carbocycles. The van der Waals surface area contributed by atoms with Gasteiger partial charge < -0.3 is 15.3 Å². The van der Waals surface area contributed by atoms with Gasteiger partial charge >= 0.3 is 5.97 Å². The number of hydrogen-bond donors (Lipinski definition) is 2. The summed E-state index contributed by atoms with van der Waals surface area (Å²) < 4.78 is 0. The average molecular weight is 382 g/mol. The first kappa shape index (κ1) is 17.6. The Labute approximate surface area is 160 Å². The van der Waals surface area contributed by atoms with Crippen LogP contribution < -0.4 is 5.32 Å². The van der Waals surface area contributed by atoms with E-state index in [9.17, 15) is 19.5 Å². The fraction of sp³-hybridized carbons (Fsp3) is 0.250. The number of hydrogen-bond acceptors (Lipinski definition) is 4. The normalized spacial score (nSPS) is 21.5. The third-order valence-corrected chi connectivity index (χ3v) is 6.20. The number of thioether (sulfide) groups is 1. The lowest BCUT2D eigenvalue weighted by Crippen LogP contribution is -2.51. The van der Waals surface area contributed by atoms with Crippen molar-refractivity contribution in [3.8, 4) is 0 Å². The molecule has 0 spiro atoms. The van der Waals surface area contributed by atoms with Crippen LogP contribution in [0.2, 0.25) is 0 Å². The number of fused-ring (bicyclic) bond motifs is 3. The van der Waals surface area contributed by atoms with Crippen LogP contribution in [0.1, 0.15) is 26.9 Å². The Morgan fingerprint density at radius 3 is 2.59 bits per heavy atom. The molecule has 6 nitrogen and oxygen atoms in total. The molecule has 4 rings (SSSR count). The summed E-state index contributed by atoms with van der Waals surface area (Å²) in [6.45, 7) is 0. The monoisotopic (exact) mass is 382 g/mol. The summed E-state index contributed by atoms with van der Waals surface area (Å²) in [7, 11) is 0. The molecule has 2 heterocycles. The van der Waals surface area contributed by atoms with Crippen LogP contribution in [0.5, 0.6) is 0 Å². The molecule has 0 bridgehead atoms. The molecule has 1 saturated heterocycles. The Kier molecular flexibility index (Phi) is 4.61. The van der Waals surface area contributed by atoms with Crippen molar-refractivity contribution in [2.45, 2.75) is 23.9 Å². The van der Waals surface area contributed by atoms with Crippen molar-refractivity contribution in [1.29, 1.82) is 0 Å². The summed E-state index contributed by atoms with van der Waals surface area (Å²) in [6.07, 6.45) is 0.194. The van der Waals surface area contributed by atoms with Gasteiger partial charge in [-0.15, -0.1) is 11.8 Å². The molecular formula is C20H18N2O4S. The first-order chi connectivity index (χ1) is 13.1. The van der Waals surface area contributed by atoms with Gasteiger partial charge in [0.2, 0.25) is 5.91 Å². The van der Waals surface area contributed by atoms with Gasteiger partial charge in [0.1, 0.15) is 17.5 Å². The highest BCUT2D eigenvalue weighted by atomic mass is 32.2. The number of rotatable bonds is 5. The zero-order chi connectivity index (χ0) is 19.0. The maximum absolute atomic E-state index is 12.8. The lowest BCUT2D eigenvalue weighted by Gasteiger charge is -2.24. The molecule has 1 fully saturated rings. The summed E-state index contributed by atoms with van der Waals surface area (Å²) in [4.78, 5) is 38.7. The van der Waals surface area contributed by atoms with Crippen LogP contribution >= 0.6 is 11.8 Å². The molecule has 138 valence electrons. The van der Waals surface area contributed by atoms with E-state index in [1.165, 1.54) is 11.8 Å². The molecule has 2 aliphatic heterocycles. The van der Waals surface area contributed by atoms with Crippen LogP contribution in [0.4, 0.5) is 0 Å². The van der Waals surface area contributed by atoms with Gasteiger partial charge in [-0.2, -0.15) is 0 Å². The van der Waals surface area contributed by atoms with Crippen molar-refractivity contribution >= 4 is 29.5 Å². The molecule has 0 aromatic heterocycles. The van der Waals surface area contributed by atoms with Crippen molar-refractivity contribution in [3.63, 3.8) is 0 Å². The van der Waals surface area contributed by atoms with Crippen molar-refractivity contribution in [1.82, 2.24) is 10.2 Å². The number of aliphatic carboxylic acids is 1. The number of amides is 2. The summed E-state index contributed by atoms with van der Waals surface area (Å²) in [6, 6.07) is 14.8. The smallest absolute Gasteiger partial charge is 0.326 e. The predicted octanol–water partition coefficient (Wildman–Crippen LogP) is 2.07. The van der Waals surface area contributed by atoms with Gasteiger partial charge in [-0.25, -0.2) is 4.79 Å². The Bertz CT molecular complexity index is 902. The van der Waals surface area contributed by atoms with Gasteiger partial charge in [-0.1, -0.05) is 48.5 Å². The van der Waals surface area contributed by atoms with Gasteiger partial charge in [0.05, 0.1) is 0 Å². The molecule has 27 heavy (non-hydrogen) atoms. The van der Waals surface area contributed by atoms with E-state index in [-0.39, 0.29) is 17.7 Å². The maximum atomic E-state index is 12.8. The SMILES string of the molecule is O=C(O)[C@@H](Cc1ccccc1)NC(=O)[C@@H]1CS[C@@H]2c3ccccc3C(=O)N21. The van der Waals surface area contributed by atoms with Crippen LogP contribution in [0.25, 0.3) is 0 Å². The molecule has 0 radical (unpaired) electrons. The van der Waals surface area contributed by atoms with E-state index in [0.29, 0.717) is 11.3 Å². The zero-order valence-corrected chi connectivity index (χ0v) is 15.2. The quantitative estimate of drug-likeness (QED) is 0.827. The second-order valence-electron chi connectivity index (χ2n) is 6.59. The van der Waals surface area contributed by atoms with E-state index in [0.717, 1.165) is 11.1 Å². The molecule has 2 N–H and O–H groups in total. The topological polar surface area (TPSA) is 86.7 Å². The lowest BCUT2D eigenvalue weighted by molar-refractivity contribution is -0.142. The van der Waals surface area contributed by atoms with Crippen molar-refractivity contribution < 1.29 is 19.5 Å². The highest BCUT2D eigenvalue weighted by Crippen LogP contribution is 2.48. The first-order valence-corrected chi connectivity index (χ1v) is 9.71. The van der Waals surface area contributed by atoms with Crippen LogP contribution in [0.3, 0.4) is 0 Å². The fourth-order valence-electron chi connectivity index (χ4n) is 3.56. The van der Waals surface area contributed by atoms with E-state index >= 15 is 0 Å². The van der Waals surface area contributed by atoms with Crippen LogP contribution in [-0.2, 0) is 16.0 Å². The summed E-state index contributed by atoms with van der Waals surface area (Å²) in [5.74, 6) is -1.23. The second kappa shape index (κ2) is 7.08. The molecule has 2 aromatic rings. The number of carboxylic acids is 1. The van der Waals surface area contributed by atoms with E-state index in [4.69, 9.17) is 0 Å². The van der Waals surface area contributed by atoms with Gasteiger partial charge in [-0.05, 0) is 17.2 Å². The number of nitrogens with one attached hydrogen (secondary N) is 1.